The Labute approximate surface area is 255 Å². The van der Waals surface area contributed by atoms with Crippen LogP contribution in [0.25, 0.3) is 0 Å². The Morgan fingerprint density at radius 3 is 1.44 bits per heavy atom. The summed E-state index contributed by atoms with van der Waals surface area (Å²) in [4.78, 5) is 0. The van der Waals surface area contributed by atoms with Crippen LogP contribution in [0.2, 0.25) is 0 Å². The second-order valence-electron chi connectivity index (χ2n) is 10.9. The summed E-state index contributed by atoms with van der Waals surface area (Å²) < 4.78 is 26.6. The number of hydrogen-bond donors (Lipinski definition) is 16. The lowest BCUT2D eigenvalue weighted by atomic mass is 9.98. The molecule has 0 aliphatic carbocycles. The molecule has 17 atom stereocenters. The molecular formula is C24H46O21. The monoisotopic (exact) mass is 670 g/mol. The number of ether oxygens (including phenoxy) is 5. The fraction of sp³-hybridized carbons (Fsp3) is 1.00. The van der Waals surface area contributed by atoms with Crippen LogP contribution in [0.3, 0.4) is 0 Å². The number of aliphatic hydroxyl groups is 16. The molecule has 16 N–H and O–H groups in total. The van der Waals surface area contributed by atoms with Crippen molar-refractivity contribution in [2.75, 3.05) is 46.2 Å². The predicted molar refractivity (Wildman–Crippen MR) is 138 cm³/mol. The molecule has 0 amide bonds. The molecule has 0 aromatic carbocycles. The summed E-state index contributed by atoms with van der Waals surface area (Å²) in [6, 6.07) is 0. The van der Waals surface area contributed by atoms with Crippen LogP contribution in [-0.4, -0.2) is 232 Å². The molecule has 268 valence electrons. The van der Waals surface area contributed by atoms with Crippen molar-refractivity contribution in [1.82, 2.24) is 0 Å². The van der Waals surface area contributed by atoms with E-state index in [9.17, 15) is 71.5 Å². The minimum absolute atomic E-state index is 0.615. The Bertz CT molecular complexity index is 843. The van der Waals surface area contributed by atoms with Gasteiger partial charge in [0.1, 0.15) is 98.2 Å². The van der Waals surface area contributed by atoms with Crippen molar-refractivity contribution < 1.29 is 105 Å². The van der Waals surface area contributed by atoms with E-state index in [0.717, 1.165) is 0 Å². The average molecular weight is 671 g/mol. The lowest BCUT2D eigenvalue weighted by molar-refractivity contribution is -0.384. The zero-order chi connectivity index (χ0) is 34.2. The van der Waals surface area contributed by atoms with Crippen molar-refractivity contribution in [1.29, 1.82) is 0 Å². The van der Waals surface area contributed by atoms with Crippen molar-refractivity contribution in [2.45, 2.75) is 104 Å². The zero-order valence-corrected chi connectivity index (χ0v) is 23.9. The molecule has 2 heterocycles. The van der Waals surface area contributed by atoms with Gasteiger partial charge in [-0.1, -0.05) is 0 Å². The second-order valence-corrected chi connectivity index (χ2v) is 10.9. The van der Waals surface area contributed by atoms with Crippen molar-refractivity contribution in [3.05, 3.63) is 0 Å². The molecule has 2 fully saturated rings. The fourth-order valence-corrected chi connectivity index (χ4v) is 4.54. The first-order chi connectivity index (χ1) is 21.1. The van der Waals surface area contributed by atoms with Gasteiger partial charge in [-0.05, 0) is 0 Å². The van der Waals surface area contributed by atoms with E-state index in [-0.39, 0.29) is 0 Å². The predicted octanol–water partition coefficient (Wildman–Crippen LogP) is -10.5. The average Bonchev–Trinajstić information content (AvgIpc) is 3.27. The van der Waals surface area contributed by atoms with Crippen molar-refractivity contribution >= 4 is 0 Å². The minimum atomic E-state index is -2.52. The third kappa shape index (κ3) is 9.85. The van der Waals surface area contributed by atoms with Crippen molar-refractivity contribution in [3.8, 4) is 0 Å². The van der Waals surface area contributed by atoms with Gasteiger partial charge in [0.2, 0.25) is 5.79 Å². The molecule has 21 heteroatoms. The van der Waals surface area contributed by atoms with Gasteiger partial charge in [-0.3, -0.25) is 0 Å². The van der Waals surface area contributed by atoms with Crippen LogP contribution in [0.5, 0.6) is 0 Å². The summed E-state index contributed by atoms with van der Waals surface area (Å²) >= 11 is 0. The molecular weight excluding hydrogens is 624 g/mol. The van der Waals surface area contributed by atoms with Crippen LogP contribution in [0, 0.1) is 0 Å². The summed E-state index contributed by atoms with van der Waals surface area (Å²) in [5, 5.41) is 158. The highest BCUT2D eigenvalue weighted by Crippen LogP contribution is 2.36. The van der Waals surface area contributed by atoms with E-state index in [1.807, 2.05) is 0 Å². The van der Waals surface area contributed by atoms with E-state index >= 15 is 0 Å². The quantitative estimate of drug-likeness (QED) is 0.0606. The largest absolute Gasteiger partial charge is 0.394 e. The Balaban J connectivity index is 2.00. The SMILES string of the molecule is OCC(O)C(O)C(O)C(O)COCC1OC(OC2(CO)OC(COCC(O)C(O)C(O)C(O)CO)C(O)C2O)C(O)C(O)C1O. The first-order valence-electron chi connectivity index (χ1n) is 13.9. The van der Waals surface area contributed by atoms with E-state index in [4.69, 9.17) is 33.9 Å². The van der Waals surface area contributed by atoms with Crippen LogP contribution < -0.4 is 0 Å². The summed E-state index contributed by atoms with van der Waals surface area (Å²) in [6.45, 7) is -5.66. The highest BCUT2D eigenvalue weighted by atomic mass is 16.8. The zero-order valence-electron chi connectivity index (χ0n) is 23.9. The molecule has 0 radical (unpaired) electrons. The lowest BCUT2D eigenvalue weighted by Gasteiger charge is -2.43. The van der Waals surface area contributed by atoms with Gasteiger partial charge in [0.05, 0.1) is 39.6 Å². The highest BCUT2D eigenvalue weighted by molar-refractivity contribution is 4.99. The maximum atomic E-state index is 10.6. The summed E-state index contributed by atoms with van der Waals surface area (Å²) in [5.74, 6) is -2.52. The molecule has 17 unspecified atom stereocenters. The fourth-order valence-electron chi connectivity index (χ4n) is 4.54. The standard InChI is InChI=1S/C24H46O21/c25-1-8(28)14(32)16(34)10(30)3-41-5-12-18(36)20(38)21(39)23(43-12)45-24(7-27)22(40)19(37)13(44-24)6-42-4-11(31)17(35)15(33)9(29)2-26/h8-23,25-40H,1-7H2. The minimum Gasteiger partial charge on any atom is -0.394 e. The molecule has 0 saturated carbocycles. The Morgan fingerprint density at radius 1 is 0.556 bits per heavy atom. The normalized spacial score (nSPS) is 37.9. The van der Waals surface area contributed by atoms with Gasteiger partial charge in [0, 0.05) is 0 Å². The van der Waals surface area contributed by atoms with Gasteiger partial charge in [-0.25, -0.2) is 0 Å². The molecule has 0 aromatic rings. The van der Waals surface area contributed by atoms with Gasteiger partial charge in [0.25, 0.3) is 0 Å². The lowest BCUT2D eigenvalue weighted by Crippen LogP contribution is -2.63. The van der Waals surface area contributed by atoms with Crippen LogP contribution in [-0.2, 0) is 23.7 Å². The third-order valence-electron chi connectivity index (χ3n) is 7.50. The second kappa shape index (κ2) is 18.1. The van der Waals surface area contributed by atoms with E-state index in [1.54, 1.807) is 0 Å². The molecule has 21 nitrogen and oxygen atoms in total. The topological polar surface area (TPSA) is 370 Å². The van der Waals surface area contributed by atoms with E-state index in [2.05, 4.69) is 0 Å². The Hall–Kier alpha value is -0.840. The van der Waals surface area contributed by atoms with Crippen molar-refractivity contribution in [3.63, 3.8) is 0 Å². The first-order valence-corrected chi connectivity index (χ1v) is 13.9. The van der Waals surface area contributed by atoms with E-state index in [1.165, 1.54) is 0 Å². The molecule has 2 aliphatic rings. The molecule has 2 rings (SSSR count). The number of rotatable bonds is 19. The summed E-state index contributed by atoms with van der Waals surface area (Å²) in [6.07, 6.45) is -29.5. The third-order valence-corrected chi connectivity index (χ3v) is 7.50. The smallest absolute Gasteiger partial charge is 0.224 e. The molecule has 2 saturated heterocycles. The van der Waals surface area contributed by atoms with E-state index in [0.29, 0.717) is 0 Å². The van der Waals surface area contributed by atoms with Crippen molar-refractivity contribution in [2.24, 2.45) is 0 Å². The van der Waals surface area contributed by atoms with Gasteiger partial charge in [0.15, 0.2) is 6.29 Å². The van der Waals surface area contributed by atoms with Gasteiger partial charge >= 0.3 is 0 Å². The first kappa shape index (κ1) is 40.3. The highest BCUT2D eigenvalue weighted by Gasteiger charge is 2.58. The van der Waals surface area contributed by atoms with Gasteiger partial charge in [-0.2, -0.15) is 0 Å². The maximum Gasteiger partial charge on any atom is 0.224 e. The van der Waals surface area contributed by atoms with Crippen LogP contribution in [0.1, 0.15) is 0 Å². The molecule has 45 heavy (non-hydrogen) atoms. The Morgan fingerprint density at radius 2 is 1.00 bits per heavy atom. The van der Waals surface area contributed by atoms with Crippen LogP contribution >= 0.6 is 0 Å². The molecule has 0 aromatic heterocycles. The molecule has 2 aliphatic heterocycles. The summed E-state index contributed by atoms with van der Waals surface area (Å²) in [5.41, 5.74) is 0. The van der Waals surface area contributed by atoms with Crippen LogP contribution in [0.4, 0.5) is 0 Å². The summed E-state index contributed by atoms with van der Waals surface area (Å²) in [7, 11) is 0. The molecule has 0 bridgehead atoms. The van der Waals surface area contributed by atoms with Gasteiger partial charge < -0.3 is 105 Å². The Kier molecular flexibility index (Phi) is 16.2. The van der Waals surface area contributed by atoms with Gasteiger partial charge in [-0.15, -0.1) is 0 Å². The number of hydrogen-bond acceptors (Lipinski definition) is 21. The van der Waals surface area contributed by atoms with E-state index < -0.39 is 150 Å². The maximum absolute atomic E-state index is 10.6. The van der Waals surface area contributed by atoms with Crippen LogP contribution in [0.15, 0.2) is 0 Å². The molecule has 0 spiro atoms. The number of aliphatic hydroxyl groups excluding tert-OH is 16.